The molecule has 1 aromatic carbocycles. The largest absolute Gasteiger partial charge is 0.339 e. The predicted octanol–water partition coefficient (Wildman–Crippen LogP) is 2.31. The maximum absolute atomic E-state index is 12.0. The number of carbonyl (C=O) groups is 1. The van der Waals surface area contributed by atoms with E-state index in [9.17, 15) is 4.79 Å². The van der Waals surface area contributed by atoms with Crippen molar-refractivity contribution in [1.82, 2.24) is 4.90 Å². The third-order valence-corrected chi connectivity index (χ3v) is 2.51. The molecule has 0 aliphatic carbocycles. The van der Waals surface area contributed by atoms with Gasteiger partial charge in [0.1, 0.15) is 0 Å². The monoisotopic (exact) mass is 190 g/mol. The van der Waals surface area contributed by atoms with Gasteiger partial charge in [0.25, 0.3) is 5.91 Å². The molecule has 74 valence electrons. The van der Waals surface area contributed by atoms with Crippen LogP contribution in [0.5, 0.6) is 0 Å². The molecule has 0 saturated carbocycles. The number of likely N-dealkylation sites (tertiary alicyclic amines) is 1. The van der Waals surface area contributed by atoms with E-state index in [0.717, 1.165) is 31.5 Å². The third kappa shape index (κ3) is 1.95. The lowest BCUT2D eigenvalue weighted by atomic mass is 10.1. The molecular formula is C12H15NO. The van der Waals surface area contributed by atoms with E-state index in [1.54, 1.807) is 0 Å². The molecule has 2 nitrogen and oxygen atoms in total. The summed E-state index contributed by atoms with van der Waals surface area (Å²) in [6.45, 7) is 1.45. The van der Waals surface area contributed by atoms with Gasteiger partial charge in [0.05, 0.1) is 0 Å². The maximum atomic E-state index is 12.0. The van der Waals surface area contributed by atoms with Gasteiger partial charge in [-0.1, -0.05) is 18.2 Å². The van der Waals surface area contributed by atoms with E-state index in [4.69, 9.17) is 1.37 Å². The molecule has 1 aliphatic rings. The zero-order valence-corrected chi connectivity index (χ0v) is 8.15. The summed E-state index contributed by atoms with van der Waals surface area (Å²) >= 11 is 0. The van der Waals surface area contributed by atoms with E-state index in [1.165, 1.54) is 0 Å². The molecule has 1 saturated heterocycles. The number of piperidine rings is 1. The molecule has 0 radical (unpaired) electrons. The molecule has 1 aliphatic heterocycles. The molecule has 1 fully saturated rings. The Morgan fingerprint density at radius 3 is 2.50 bits per heavy atom. The van der Waals surface area contributed by atoms with Crippen LogP contribution in [0, 0.1) is 0 Å². The summed E-state index contributed by atoms with van der Waals surface area (Å²) in [5.41, 5.74) is 0.751. The first-order chi connectivity index (χ1) is 7.27. The first kappa shape index (κ1) is 8.04. The highest BCUT2D eigenvalue weighted by Crippen LogP contribution is 2.12. The van der Waals surface area contributed by atoms with Crippen LogP contribution < -0.4 is 0 Å². The molecule has 0 unspecified atom stereocenters. The van der Waals surface area contributed by atoms with Crippen molar-refractivity contribution in [2.24, 2.45) is 0 Å². The van der Waals surface area contributed by atoms with Crippen molar-refractivity contribution in [1.29, 1.82) is 0 Å². The molecule has 2 rings (SSSR count). The zero-order valence-electron chi connectivity index (χ0n) is 9.15. The second-order valence-corrected chi connectivity index (χ2v) is 3.52. The fourth-order valence-electron chi connectivity index (χ4n) is 1.72. The minimum absolute atomic E-state index is 0.0184. The van der Waals surface area contributed by atoms with Crippen molar-refractivity contribution in [2.75, 3.05) is 13.1 Å². The minimum atomic E-state index is 0.0184. The summed E-state index contributed by atoms with van der Waals surface area (Å²) in [5.74, 6) is 0.0995. The van der Waals surface area contributed by atoms with E-state index < -0.39 is 0 Å². The fraction of sp³-hybridized carbons (Fsp3) is 0.417. The van der Waals surface area contributed by atoms with E-state index >= 15 is 0 Å². The smallest absolute Gasteiger partial charge is 0.253 e. The van der Waals surface area contributed by atoms with E-state index in [0.29, 0.717) is 0 Å². The molecule has 0 aromatic heterocycles. The molecule has 0 bridgehead atoms. The van der Waals surface area contributed by atoms with Crippen LogP contribution in [0.4, 0.5) is 0 Å². The first-order valence-electron chi connectivity index (χ1n) is 5.61. The van der Waals surface area contributed by atoms with Crippen LogP contribution in [0.3, 0.4) is 0 Å². The minimum Gasteiger partial charge on any atom is -0.339 e. The Bertz CT molecular complexity index is 331. The molecule has 0 spiro atoms. The topological polar surface area (TPSA) is 20.3 Å². The summed E-state index contributed by atoms with van der Waals surface area (Å²) in [5, 5.41) is 0. The number of amides is 1. The van der Waals surface area contributed by atoms with Gasteiger partial charge < -0.3 is 4.90 Å². The van der Waals surface area contributed by atoms with Crippen LogP contribution in [0.1, 0.15) is 31.0 Å². The Kier molecular flexibility index (Phi) is 2.45. The quantitative estimate of drug-likeness (QED) is 0.665. The Labute approximate surface area is 85.9 Å². The fourth-order valence-corrected chi connectivity index (χ4v) is 1.72. The van der Waals surface area contributed by atoms with Gasteiger partial charge >= 0.3 is 0 Å². The standard InChI is InChI=1S/C12H15NO/c14-12(11-7-3-1-4-8-11)13-9-5-2-6-10-13/h1,3-4,7-8H,2,5-6,9-10H2/i2D. The van der Waals surface area contributed by atoms with Gasteiger partial charge in [0, 0.05) is 20.0 Å². The molecule has 1 aromatic rings. The highest BCUT2D eigenvalue weighted by Gasteiger charge is 2.17. The van der Waals surface area contributed by atoms with Gasteiger partial charge in [-0.05, 0) is 31.4 Å². The number of hydrogen-bond donors (Lipinski definition) is 0. The normalized spacial score (nSPS) is 19.1. The van der Waals surface area contributed by atoms with Crippen LogP contribution in [0.2, 0.25) is 0 Å². The third-order valence-electron chi connectivity index (χ3n) is 2.51. The Morgan fingerprint density at radius 1 is 1.21 bits per heavy atom. The first-order valence-corrected chi connectivity index (χ1v) is 5.04. The van der Waals surface area contributed by atoms with Gasteiger partial charge in [-0.25, -0.2) is 0 Å². The summed E-state index contributed by atoms with van der Waals surface area (Å²) in [6.07, 6.45) is 1.63. The van der Waals surface area contributed by atoms with Crippen LogP contribution >= 0.6 is 0 Å². The Balaban J connectivity index is 2.03. The second-order valence-electron chi connectivity index (χ2n) is 3.52. The summed E-state index contributed by atoms with van der Waals surface area (Å²) in [4.78, 5) is 13.8. The lowest BCUT2D eigenvalue weighted by molar-refractivity contribution is 0.0724. The number of hydrogen-bond acceptors (Lipinski definition) is 1. The van der Waals surface area contributed by atoms with E-state index in [-0.39, 0.29) is 12.3 Å². The molecule has 1 heterocycles. The van der Waals surface area contributed by atoms with Crippen LogP contribution in [-0.4, -0.2) is 23.9 Å². The van der Waals surface area contributed by atoms with Crippen molar-refractivity contribution in [2.45, 2.75) is 19.2 Å². The highest BCUT2D eigenvalue weighted by molar-refractivity contribution is 5.94. The van der Waals surface area contributed by atoms with Gasteiger partial charge in [-0.15, -0.1) is 0 Å². The van der Waals surface area contributed by atoms with Crippen molar-refractivity contribution < 1.29 is 6.17 Å². The Morgan fingerprint density at radius 2 is 1.86 bits per heavy atom. The molecule has 2 heteroatoms. The summed E-state index contributed by atoms with van der Waals surface area (Å²) < 4.78 is 7.57. The van der Waals surface area contributed by atoms with E-state index in [2.05, 4.69) is 0 Å². The lowest BCUT2D eigenvalue weighted by Gasteiger charge is -2.26. The van der Waals surface area contributed by atoms with Gasteiger partial charge in [-0.3, -0.25) is 4.79 Å². The van der Waals surface area contributed by atoms with Gasteiger partial charge in [0.15, 0.2) is 0 Å². The number of nitrogens with zero attached hydrogens (tertiary/aromatic N) is 1. The second kappa shape index (κ2) is 4.27. The molecule has 0 atom stereocenters. The van der Waals surface area contributed by atoms with Crippen LogP contribution in [0.15, 0.2) is 30.3 Å². The van der Waals surface area contributed by atoms with Crippen molar-refractivity contribution in [3.63, 3.8) is 0 Å². The number of carbonyl (C=O) groups excluding carboxylic acids is 1. The molecular weight excluding hydrogens is 174 g/mol. The summed E-state index contributed by atoms with van der Waals surface area (Å²) in [6, 6.07) is 9.35. The predicted molar refractivity (Wildman–Crippen MR) is 56.2 cm³/mol. The van der Waals surface area contributed by atoms with Crippen molar-refractivity contribution >= 4 is 5.91 Å². The zero-order chi connectivity index (χ0) is 10.7. The van der Waals surface area contributed by atoms with Crippen LogP contribution in [0.25, 0.3) is 0 Å². The Hall–Kier alpha value is -1.31. The SMILES string of the molecule is [2H]C1CCN(C(=O)c2ccccc2)CC1. The maximum Gasteiger partial charge on any atom is 0.253 e. The van der Waals surface area contributed by atoms with E-state index in [1.807, 2.05) is 35.2 Å². The number of benzene rings is 1. The lowest BCUT2D eigenvalue weighted by Crippen LogP contribution is -2.35. The molecule has 0 N–H and O–H groups in total. The summed E-state index contributed by atoms with van der Waals surface area (Å²) in [7, 11) is 0. The molecule has 14 heavy (non-hydrogen) atoms. The van der Waals surface area contributed by atoms with Gasteiger partial charge in [0.2, 0.25) is 0 Å². The van der Waals surface area contributed by atoms with Crippen molar-refractivity contribution in [3.05, 3.63) is 35.9 Å². The van der Waals surface area contributed by atoms with Gasteiger partial charge in [-0.2, -0.15) is 0 Å². The molecule has 1 amide bonds. The highest BCUT2D eigenvalue weighted by atomic mass is 16.2. The average Bonchev–Trinajstić information content (AvgIpc) is 2.30. The van der Waals surface area contributed by atoms with Crippen LogP contribution in [-0.2, 0) is 0 Å². The number of rotatable bonds is 1. The van der Waals surface area contributed by atoms with Crippen molar-refractivity contribution in [3.8, 4) is 0 Å². The average molecular weight is 190 g/mol.